The molecule has 0 saturated heterocycles. The molecule has 0 spiro atoms. The zero-order valence-corrected chi connectivity index (χ0v) is 8.01. The van der Waals surface area contributed by atoms with Crippen molar-refractivity contribution in [3.8, 4) is 0 Å². The number of rotatable bonds is 3. The Morgan fingerprint density at radius 3 is 2.73 bits per heavy atom. The minimum Gasteiger partial charge on any atom is -0.355 e. The lowest BCUT2D eigenvalue weighted by molar-refractivity contribution is -0.141. The predicted octanol–water partition coefficient (Wildman–Crippen LogP) is 1.04. The Kier molecular flexibility index (Phi) is 3.33. The van der Waals surface area contributed by atoms with Crippen molar-refractivity contribution in [2.45, 2.75) is 19.6 Å². The van der Waals surface area contributed by atoms with Crippen molar-refractivity contribution in [3.05, 3.63) is 18.0 Å². The second-order valence-electron chi connectivity index (χ2n) is 2.85. The van der Waals surface area contributed by atoms with Gasteiger partial charge in [0.05, 0.1) is 0 Å². The fourth-order valence-corrected chi connectivity index (χ4v) is 1.00. The Labute approximate surface area is 84.1 Å². The molecule has 0 bridgehead atoms. The third-order valence-corrected chi connectivity index (χ3v) is 1.61. The van der Waals surface area contributed by atoms with Gasteiger partial charge in [-0.25, -0.2) is 0 Å². The first kappa shape index (κ1) is 11.5. The van der Waals surface area contributed by atoms with Crippen LogP contribution in [0.4, 0.5) is 13.2 Å². The van der Waals surface area contributed by atoms with Crippen molar-refractivity contribution in [1.82, 2.24) is 15.1 Å². The van der Waals surface area contributed by atoms with Crippen LogP contribution in [0.2, 0.25) is 0 Å². The van der Waals surface area contributed by atoms with Crippen LogP contribution in [0.3, 0.4) is 0 Å². The number of aromatic nitrogens is 2. The lowest BCUT2D eigenvalue weighted by atomic mass is 10.4. The maximum Gasteiger partial charge on any atom is 0.435 e. The molecule has 0 aliphatic carbocycles. The van der Waals surface area contributed by atoms with E-state index in [0.29, 0.717) is 6.54 Å². The first-order chi connectivity index (χ1) is 6.93. The maximum atomic E-state index is 12.1. The number of carbonyl (C=O) groups is 1. The Morgan fingerprint density at radius 1 is 1.60 bits per heavy atom. The van der Waals surface area contributed by atoms with Gasteiger partial charge in [0.15, 0.2) is 5.69 Å². The van der Waals surface area contributed by atoms with Crippen molar-refractivity contribution < 1.29 is 18.0 Å². The highest BCUT2D eigenvalue weighted by Crippen LogP contribution is 2.27. The summed E-state index contributed by atoms with van der Waals surface area (Å²) in [7, 11) is 0. The fourth-order valence-electron chi connectivity index (χ4n) is 1.00. The smallest absolute Gasteiger partial charge is 0.355 e. The van der Waals surface area contributed by atoms with Crippen LogP contribution in [0.15, 0.2) is 12.3 Å². The molecule has 0 radical (unpaired) electrons. The molecule has 84 valence electrons. The highest BCUT2D eigenvalue weighted by molar-refractivity contribution is 5.75. The quantitative estimate of drug-likeness (QED) is 0.828. The fraction of sp³-hybridized carbons (Fsp3) is 0.500. The molecule has 0 saturated carbocycles. The summed E-state index contributed by atoms with van der Waals surface area (Å²) in [6, 6.07) is 0.833. The number of alkyl halides is 3. The minimum atomic E-state index is -4.47. The van der Waals surface area contributed by atoms with Gasteiger partial charge in [0.2, 0.25) is 5.91 Å². The first-order valence-corrected chi connectivity index (χ1v) is 4.31. The second kappa shape index (κ2) is 4.33. The summed E-state index contributed by atoms with van der Waals surface area (Å²) in [6.45, 7) is 1.96. The molecular weight excluding hydrogens is 211 g/mol. The average molecular weight is 221 g/mol. The Morgan fingerprint density at radius 2 is 2.27 bits per heavy atom. The highest BCUT2D eigenvalue weighted by atomic mass is 19.4. The summed E-state index contributed by atoms with van der Waals surface area (Å²) < 4.78 is 37.3. The van der Waals surface area contributed by atoms with Crippen LogP contribution < -0.4 is 5.32 Å². The molecule has 1 aromatic rings. The number of likely N-dealkylation sites (N-methyl/N-ethyl adjacent to an activating group) is 1. The molecule has 1 rings (SSSR count). The molecule has 0 aliphatic rings. The Hall–Kier alpha value is -1.53. The van der Waals surface area contributed by atoms with Gasteiger partial charge in [0, 0.05) is 12.7 Å². The summed E-state index contributed by atoms with van der Waals surface area (Å²) in [5, 5.41) is 5.70. The predicted molar refractivity (Wildman–Crippen MR) is 45.9 cm³/mol. The van der Waals surface area contributed by atoms with Gasteiger partial charge in [0.1, 0.15) is 6.54 Å². The summed E-state index contributed by atoms with van der Waals surface area (Å²) in [6.07, 6.45) is -3.34. The molecule has 0 unspecified atom stereocenters. The van der Waals surface area contributed by atoms with Crippen molar-refractivity contribution in [1.29, 1.82) is 0 Å². The molecule has 1 heterocycles. The van der Waals surface area contributed by atoms with E-state index in [1.54, 1.807) is 6.92 Å². The van der Waals surface area contributed by atoms with E-state index >= 15 is 0 Å². The minimum absolute atomic E-state index is 0.204. The lowest BCUT2D eigenvalue weighted by Crippen LogP contribution is -2.27. The standard InChI is InChI=1S/C8H10F3N3O/c1-2-12-7(15)5-14-4-3-6(13-14)8(9,10)11/h3-4H,2,5H2,1H3,(H,12,15). The zero-order chi connectivity index (χ0) is 11.5. The Balaban J connectivity index is 2.65. The number of hydrogen-bond donors (Lipinski definition) is 1. The van der Waals surface area contributed by atoms with E-state index in [1.165, 1.54) is 0 Å². The average Bonchev–Trinajstić information content (AvgIpc) is 2.52. The van der Waals surface area contributed by atoms with Gasteiger partial charge in [-0.1, -0.05) is 0 Å². The molecular formula is C8H10F3N3O. The number of hydrogen-bond acceptors (Lipinski definition) is 2. The maximum absolute atomic E-state index is 12.1. The van der Waals surface area contributed by atoms with Gasteiger partial charge in [-0.2, -0.15) is 18.3 Å². The van der Waals surface area contributed by atoms with Gasteiger partial charge in [-0.3, -0.25) is 9.48 Å². The molecule has 0 aliphatic heterocycles. The van der Waals surface area contributed by atoms with Crippen LogP contribution in [-0.4, -0.2) is 22.2 Å². The van der Waals surface area contributed by atoms with Gasteiger partial charge in [-0.05, 0) is 13.0 Å². The van der Waals surface area contributed by atoms with Gasteiger partial charge in [0.25, 0.3) is 0 Å². The summed E-state index contributed by atoms with van der Waals surface area (Å²) in [4.78, 5) is 11.0. The van der Waals surface area contributed by atoms with E-state index in [-0.39, 0.29) is 12.5 Å². The number of nitrogens with one attached hydrogen (secondary N) is 1. The van der Waals surface area contributed by atoms with E-state index < -0.39 is 11.9 Å². The summed E-state index contributed by atoms with van der Waals surface area (Å²) in [5.41, 5.74) is -0.994. The third-order valence-electron chi connectivity index (χ3n) is 1.61. The van der Waals surface area contributed by atoms with Crippen LogP contribution in [-0.2, 0) is 17.5 Å². The van der Waals surface area contributed by atoms with E-state index in [4.69, 9.17) is 0 Å². The topological polar surface area (TPSA) is 46.9 Å². The third kappa shape index (κ3) is 3.26. The molecule has 15 heavy (non-hydrogen) atoms. The van der Waals surface area contributed by atoms with E-state index in [9.17, 15) is 18.0 Å². The largest absolute Gasteiger partial charge is 0.435 e. The normalized spacial score (nSPS) is 11.5. The monoisotopic (exact) mass is 221 g/mol. The second-order valence-corrected chi connectivity index (χ2v) is 2.85. The van der Waals surface area contributed by atoms with Gasteiger partial charge >= 0.3 is 6.18 Å². The van der Waals surface area contributed by atoms with Crippen LogP contribution >= 0.6 is 0 Å². The molecule has 0 aromatic carbocycles. The number of amides is 1. The summed E-state index contributed by atoms with van der Waals surface area (Å²) >= 11 is 0. The molecule has 7 heteroatoms. The number of carbonyl (C=O) groups excluding carboxylic acids is 1. The number of halogens is 3. The summed E-state index contributed by atoms with van der Waals surface area (Å²) in [5.74, 6) is -0.366. The van der Waals surface area contributed by atoms with Crippen molar-refractivity contribution in [2.24, 2.45) is 0 Å². The highest BCUT2D eigenvalue weighted by Gasteiger charge is 2.33. The zero-order valence-electron chi connectivity index (χ0n) is 8.01. The lowest BCUT2D eigenvalue weighted by Gasteiger charge is -2.03. The molecule has 1 amide bonds. The van der Waals surface area contributed by atoms with Crippen molar-refractivity contribution in [2.75, 3.05) is 6.54 Å². The molecule has 0 atom stereocenters. The van der Waals surface area contributed by atoms with Crippen molar-refractivity contribution >= 4 is 5.91 Å². The van der Waals surface area contributed by atoms with Crippen molar-refractivity contribution in [3.63, 3.8) is 0 Å². The van der Waals surface area contributed by atoms with E-state index in [2.05, 4.69) is 10.4 Å². The van der Waals surface area contributed by atoms with Crippen LogP contribution in [0.1, 0.15) is 12.6 Å². The molecule has 1 N–H and O–H groups in total. The van der Waals surface area contributed by atoms with E-state index in [0.717, 1.165) is 16.9 Å². The van der Waals surface area contributed by atoms with Gasteiger partial charge < -0.3 is 5.32 Å². The van der Waals surface area contributed by atoms with Crippen LogP contribution in [0.5, 0.6) is 0 Å². The first-order valence-electron chi connectivity index (χ1n) is 4.31. The number of nitrogens with zero attached hydrogens (tertiary/aromatic N) is 2. The van der Waals surface area contributed by atoms with Crippen LogP contribution in [0.25, 0.3) is 0 Å². The Bertz CT molecular complexity index is 345. The van der Waals surface area contributed by atoms with Gasteiger partial charge in [-0.15, -0.1) is 0 Å². The van der Waals surface area contributed by atoms with Crippen LogP contribution in [0, 0.1) is 0 Å². The molecule has 0 fully saturated rings. The molecule has 1 aromatic heterocycles. The molecule has 4 nitrogen and oxygen atoms in total. The SMILES string of the molecule is CCNC(=O)Cn1ccc(C(F)(F)F)n1. The van der Waals surface area contributed by atoms with E-state index in [1.807, 2.05) is 0 Å².